The van der Waals surface area contributed by atoms with E-state index in [1.54, 1.807) is 0 Å². The number of nitrogen functional groups attached to an aromatic ring is 1. The molecule has 4 nitrogen and oxygen atoms in total. The highest BCUT2D eigenvalue weighted by atomic mass is 15.4. The summed E-state index contributed by atoms with van der Waals surface area (Å²) in [5.41, 5.74) is 8.06. The van der Waals surface area contributed by atoms with E-state index in [9.17, 15) is 0 Å². The van der Waals surface area contributed by atoms with Crippen LogP contribution in [0.15, 0.2) is 0 Å². The molecule has 4 heteroatoms. The summed E-state index contributed by atoms with van der Waals surface area (Å²) in [7, 11) is 0. The molecule has 0 bridgehead atoms. The summed E-state index contributed by atoms with van der Waals surface area (Å²) >= 11 is 0. The summed E-state index contributed by atoms with van der Waals surface area (Å²) < 4.78 is 2.09. The zero-order valence-corrected chi connectivity index (χ0v) is 11.9. The zero-order chi connectivity index (χ0) is 13.1. The second-order valence-corrected chi connectivity index (χ2v) is 5.62. The maximum atomic E-state index is 6.24. The fraction of sp³-hybridized carbons (Fsp3) is 0.786. The van der Waals surface area contributed by atoms with Crippen LogP contribution in [0.3, 0.4) is 0 Å². The van der Waals surface area contributed by atoms with E-state index in [0.717, 1.165) is 30.3 Å². The third-order valence-corrected chi connectivity index (χ3v) is 3.75. The number of nitrogens with zero attached hydrogens (tertiary/aromatic N) is 3. The molecule has 1 saturated heterocycles. The SMILES string of the molecule is Cc1nn(C(C)C)c(N2CCCCCCC2)c1N. The molecule has 102 valence electrons. The van der Waals surface area contributed by atoms with Crippen LogP contribution in [-0.2, 0) is 0 Å². The average molecular weight is 250 g/mol. The van der Waals surface area contributed by atoms with Gasteiger partial charge >= 0.3 is 0 Å². The van der Waals surface area contributed by atoms with Crippen molar-refractivity contribution in [3.05, 3.63) is 5.69 Å². The summed E-state index contributed by atoms with van der Waals surface area (Å²) in [4.78, 5) is 2.44. The summed E-state index contributed by atoms with van der Waals surface area (Å²) in [5, 5.41) is 4.59. The third-order valence-electron chi connectivity index (χ3n) is 3.75. The van der Waals surface area contributed by atoms with Crippen LogP contribution in [0, 0.1) is 6.92 Å². The molecule has 0 aromatic carbocycles. The van der Waals surface area contributed by atoms with Gasteiger partial charge in [-0.25, -0.2) is 4.68 Å². The first-order chi connectivity index (χ1) is 8.61. The number of hydrogen-bond acceptors (Lipinski definition) is 3. The highest BCUT2D eigenvalue weighted by Crippen LogP contribution is 2.30. The summed E-state index contributed by atoms with van der Waals surface area (Å²) in [5.74, 6) is 1.14. The Morgan fingerprint density at radius 1 is 1.06 bits per heavy atom. The number of nitrogens with two attached hydrogens (primary N) is 1. The second kappa shape index (κ2) is 5.63. The number of anilines is 2. The van der Waals surface area contributed by atoms with Crippen molar-refractivity contribution < 1.29 is 0 Å². The highest BCUT2D eigenvalue weighted by Gasteiger charge is 2.20. The minimum Gasteiger partial charge on any atom is -0.394 e. The van der Waals surface area contributed by atoms with Crippen molar-refractivity contribution in [1.29, 1.82) is 0 Å². The molecule has 2 heterocycles. The van der Waals surface area contributed by atoms with E-state index in [2.05, 4.69) is 28.5 Å². The van der Waals surface area contributed by atoms with Crippen molar-refractivity contribution in [2.45, 2.75) is 58.9 Å². The monoisotopic (exact) mass is 250 g/mol. The Balaban J connectivity index is 2.29. The predicted octanol–water partition coefficient (Wildman–Crippen LogP) is 3.13. The van der Waals surface area contributed by atoms with Crippen LogP contribution in [-0.4, -0.2) is 22.9 Å². The smallest absolute Gasteiger partial charge is 0.150 e. The highest BCUT2D eigenvalue weighted by molar-refractivity contribution is 5.66. The van der Waals surface area contributed by atoms with Crippen LogP contribution in [0.25, 0.3) is 0 Å². The van der Waals surface area contributed by atoms with Crippen molar-refractivity contribution in [3.63, 3.8) is 0 Å². The van der Waals surface area contributed by atoms with Crippen molar-refractivity contribution in [2.24, 2.45) is 0 Å². The number of aryl methyl sites for hydroxylation is 1. The fourth-order valence-corrected chi connectivity index (χ4v) is 2.68. The maximum absolute atomic E-state index is 6.24. The normalized spacial score (nSPS) is 17.9. The van der Waals surface area contributed by atoms with Gasteiger partial charge in [0.2, 0.25) is 0 Å². The van der Waals surface area contributed by atoms with E-state index in [-0.39, 0.29) is 0 Å². The van der Waals surface area contributed by atoms with Crippen molar-refractivity contribution in [3.8, 4) is 0 Å². The second-order valence-electron chi connectivity index (χ2n) is 5.62. The van der Waals surface area contributed by atoms with Crippen LogP contribution in [0.5, 0.6) is 0 Å². The summed E-state index contributed by atoms with van der Waals surface area (Å²) in [6, 6.07) is 0.362. The Morgan fingerprint density at radius 3 is 2.17 bits per heavy atom. The Hall–Kier alpha value is -1.19. The van der Waals surface area contributed by atoms with Gasteiger partial charge in [-0.3, -0.25) is 0 Å². The van der Waals surface area contributed by atoms with Crippen LogP contribution in [0.2, 0.25) is 0 Å². The quantitative estimate of drug-likeness (QED) is 0.877. The molecule has 1 fully saturated rings. The first kappa shape index (κ1) is 13.2. The van der Waals surface area contributed by atoms with Crippen molar-refractivity contribution in [2.75, 3.05) is 23.7 Å². The lowest BCUT2D eigenvalue weighted by atomic mass is 10.1. The van der Waals surface area contributed by atoms with Gasteiger partial charge in [0.25, 0.3) is 0 Å². The summed E-state index contributed by atoms with van der Waals surface area (Å²) in [6.45, 7) is 8.56. The molecule has 18 heavy (non-hydrogen) atoms. The molecule has 0 aliphatic carbocycles. The average Bonchev–Trinajstić information content (AvgIpc) is 2.56. The molecule has 1 aromatic heterocycles. The van der Waals surface area contributed by atoms with Gasteiger partial charge < -0.3 is 10.6 Å². The molecule has 0 spiro atoms. The molecule has 1 aliphatic heterocycles. The van der Waals surface area contributed by atoms with Crippen LogP contribution in [0.1, 0.15) is 57.7 Å². The van der Waals surface area contributed by atoms with Gasteiger partial charge in [-0.2, -0.15) is 5.10 Å². The van der Waals surface area contributed by atoms with Crippen LogP contribution in [0.4, 0.5) is 11.5 Å². The molecule has 2 N–H and O–H groups in total. The van der Waals surface area contributed by atoms with Gasteiger partial charge in [-0.05, 0) is 33.6 Å². The molecule has 0 radical (unpaired) electrons. The van der Waals surface area contributed by atoms with Crippen molar-refractivity contribution >= 4 is 11.5 Å². The first-order valence-corrected chi connectivity index (χ1v) is 7.20. The Bertz CT molecular complexity index is 387. The van der Waals surface area contributed by atoms with E-state index in [0.29, 0.717) is 6.04 Å². The van der Waals surface area contributed by atoms with E-state index in [1.807, 2.05) is 6.92 Å². The lowest BCUT2D eigenvalue weighted by Crippen LogP contribution is -2.30. The zero-order valence-electron chi connectivity index (χ0n) is 11.9. The van der Waals surface area contributed by atoms with Gasteiger partial charge in [0.1, 0.15) is 0 Å². The standard InChI is InChI=1S/C14H26N4/c1-11(2)18-14(13(15)12(3)16-18)17-9-7-5-4-6-8-10-17/h11H,4-10,15H2,1-3H3. The lowest BCUT2D eigenvalue weighted by molar-refractivity contribution is 0.502. The minimum absolute atomic E-state index is 0.362. The minimum atomic E-state index is 0.362. The molecule has 0 amide bonds. The van der Waals surface area contributed by atoms with E-state index >= 15 is 0 Å². The fourth-order valence-electron chi connectivity index (χ4n) is 2.68. The van der Waals surface area contributed by atoms with E-state index in [4.69, 9.17) is 5.73 Å². The van der Waals surface area contributed by atoms with Gasteiger partial charge in [0.05, 0.1) is 11.4 Å². The Kier molecular flexibility index (Phi) is 4.15. The molecule has 0 atom stereocenters. The van der Waals surface area contributed by atoms with Gasteiger partial charge in [0.15, 0.2) is 5.82 Å². The Morgan fingerprint density at radius 2 is 1.61 bits per heavy atom. The van der Waals surface area contributed by atoms with Gasteiger partial charge in [0, 0.05) is 19.1 Å². The largest absolute Gasteiger partial charge is 0.394 e. The number of hydrogen-bond donors (Lipinski definition) is 1. The molecule has 1 aliphatic rings. The molecule has 2 rings (SSSR count). The molecule has 0 saturated carbocycles. The third kappa shape index (κ3) is 2.62. The topological polar surface area (TPSA) is 47.1 Å². The molecular weight excluding hydrogens is 224 g/mol. The van der Waals surface area contributed by atoms with Crippen LogP contribution >= 0.6 is 0 Å². The maximum Gasteiger partial charge on any atom is 0.150 e. The molecule has 1 aromatic rings. The number of aromatic nitrogens is 2. The number of rotatable bonds is 2. The van der Waals surface area contributed by atoms with Gasteiger partial charge in [-0.1, -0.05) is 19.3 Å². The van der Waals surface area contributed by atoms with E-state index in [1.165, 1.54) is 32.1 Å². The molecule has 0 unspecified atom stereocenters. The Labute approximate surface area is 110 Å². The van der Waals surface area contributed by atoms with Gasteiger partial charge in [-0.15, -0.1) is 0 Å². The van der Waals surface area contributed by atoms with Crippen molar-refractivity contribution in [1.82, 2.24) is 9.78 Å². The predicted molar refractivity (Wildman–Crippen MR) is 77.1 cm³/mol. The van der Waals surface area contributed by atoms with Crippen LogP contribution < -0.4 is 10.6 Å². The lowest BCUT2D eigenvalue weighted by Gasteiger charge is -2.28. The van der Waals surface area contributed by atoms with E-state index < -0.39 is 0 Å². The summed E-state index contributed by atoms with van der Waals surface area (Å²) in [6.07, 6.45) is 6.59. The molecular formula is C14H26N4. The first-order valence-electron chi connectivity index (χ1n) is 7.20.